The number of nitrogens with one attached hydrogen (secondary N) is 1. The fraction of sp³-hybridized carbons (Fsp3) is 0.231. The zero-order valence-electron chi connectivity index (χ0n) is 10.1. The molecule has 2 aromatic rings. The maximum absolute atomic E-state index is 5.73. The molecular weight excluding hydrogens is 318 g/mol. The van der Waals surface area contributed by atoms with Gasteiger partial charge in [-0.25, -0.2) is 0 Å². The summed E-state index contributed by atoms with van der Waals surface area (Å²) in [6.45, 7) is 2.58. The van der Waals surface area contributed by atoms with Crippen LogP contribution in [-0.4, -0.2) is 7.11 Å². The van der Waals surface area contributed by atoms with Crippen molar-refractivity contribution in [2.24, 2.45) is 0 Å². The van der Waals surface area contributed by atoms with Crippen LogP contribution >= 0.6 is 27.5 Å². The molecular formula is C13H13BrClNO2. The molecule has 0 atom stereocenters. The summed E-state index contributed by atoms with van der Waals surface area (Å²) in [7, 11) is 1.65. The number of furan rings is 1. The second-order valence-corrected chi connectivity index (χ2v) is 5.15. The highest BCUT2D eigenvalue weighted by molar-refractivity contribution is 9.10. The number of ether oxygens (including phenoxy) is 1. The molecule has 0 aliphatic carbocycles. The molecule has 2 rings (SSSR count). The third kappa shape index (κ3) is 3.00. The van der Waals surface area contributed by atoms with Crippen molar-refractivity contribution in [2.75, 3.05) is 12.4 Å². The molecule has 0 saturated heterocycles. The van der Waals surface area contributed by atoms with E-state index in [-0.39, 0.29) is 0 Å². The van der Waals surface area contributed by atoms with Crippen LogP contribution in [0.3, 0.4) is 0 Å². The Morgan fingerprint density at radius 2 is 2.17 bits per heavy atom. The van der Waals surface area contributed by atoms with Crippen molar-refractivity contribution in [3.63, 3.8) is 0 Å². The predicted octanol–water partition coefficient (Wildman–Crippen LogP) is 4.62. The van der Waals surface area contributed by atoms with Crippen LogP contribution in [0.25, 0.3) is 0 Å². The summed E-state index contributed by atoms with van der Waals surface area (Å²) in [6, 6.07) is 7.52. The smallest absolute Gasteiger partial charge is 0.193 e. The normalized spacial score (nSPS) is 10.4. The van der Waals surface area contributed by atoms with Gasteiger partial charge in [0.15, 0.2) is 5.22 Å². The van der Waals surface area contributed by atoms with Crippen LogP contribution in [0.1, 0.15) is 11.3 Å². The number of benzene rings is 1. The monoisotopic (exact) mass is 329 g/mol. The van der Waals surface area contributed by atoms with Gasteiger partial charge >= 0.3 is 0 Å². The predicted molar refractivity (Wildman–Crippen MR) is 76.5 cm³/mol. The van der Waals surface area contributed by atoms with Gasteiger partial charge < -0.3 is 14.5 Å². The van der Waals surface area contributed by atoms with E-state index in [2.05, 4.69) is 21.2 Å². The Labute approximate surface area is 119 Å². The van der Waals surface area contributed by atoms with E-state index in [4.69, 9.17) is 20.8 Å². The van der Waals surface area contributed by atoms with E-state index in [1.54, 1.807) is 13.2 Å². The van der Waals surface area contributed by atoms with Crippen molar-refractivity contribution in [2.45, 2.75) is 13.5 Å². The van der Waals surface area contributed by atoms with Crippen molar-refractivity contribution < 1.29 is 9.15 Å². The molecule has 96 valence electrons. The van der Waals surface area contributed by atoms with Crippen molar-refractivity contribution in [1.29, 1.82) is 0 Å². The van der Waals surface area contributed by atoms with Gasteiger partial charge in [0.1, 0.15) is 11.5 Å². The number of hydrogen-bond donors (Lipinski definition) is 1. The van der Waals surface area contributed by atoms with Gasteiger partial charge in [-0.3, -0.25) is 0 Å². The Morgan fingerprint density at radius 3 is 2.78 bits per heavy atom. The molecule has 5 heteroatoms. The van der Waals surface area contributed by atoms with Crippen LogP contribution in [0.5, 0.6) is 5.75 Å². The third-order valence-corrected chi connectivity index (χ3v) is 3.21. The van der Waals surface area contributed by atoms with Gasteiger partial charge in [0, 0.05) is 4.47 Å². The Kier molecular flexibility index (Phi) is 4.19. The number of anilines is 1. The molecule has 18 heavy (non-hydrogen) atoms. The molecule has 0 amide bonds. The third-order valence-electron chi connectivity index (χ3n) is 2.55. The molecule has 0 radical (unpaired) electrons. The summed E-state index contributed by atoms with van der Waals surface area (Å²) in [6.07, 6.45) is 0. The van der Waals surface area contributed by atoms with Gasteiger partial charge in [0.05, 0.1) is 19.3 Å². The Hall–Kier alpha value is -1.13. The maximum Gasteiger partial charge on any atom is 0.193 e. The molecule has 3 nitrogen and oxygen atoms in total. The fourth-order valence-electron chi connectivity index (χ4n) is 1.72. The summed E-state index contributed by atoms with van der Waals surface area (Å²) >= 11 is 9.17. The van der Waals surface area contributed by atoms with Crippen LogP contribution in [0.4, 0.5) is 5.69 Å². The minimum atomic E-state index is 0.395. The summed E-state index contributed by atoms with van der Waals surface area (Å²) in [5.41, 5.74) is 2.05. The van der Waals surface area contributed by atoms with Gasteiger partial charge in [-0.05, 0) is 48.4 Å². The van der Waals surface area contributed by atoms with Crippen LogP contribution < -0.4 is 10.1 Å². The van der Waals surface area contributed by atoms with Crippen LogP contribution in [-0.2, 0) is 6.54 Å². The molecule has 0 aliphatic heterocycles. The van der Waals surface area contributed by atoms with Crippen LogP contribution in [0.15, 0.2) is 33.2 Å². The summed E-state index contributed by atoms with van der Waals surface area (Å²) < 4.78 is 11.6. The SMILES string of the molecule is COc1cc(Br)cc(C)c1NCc1ccc(Cl)o1. The quantitative estimate of drug-likeness (QED) is 0.888. The van der Waals surface area contributed by atoms with E-state index < -0.39 is 0 Å². The first-order valence-corrected chi connectivity index (χ1v) is 6.59. The first-order chi connectivity index (χ1) is 8.60. The fourth-order valence-corrected chi connectivity index (χ4v) is 2.44. The zero-order valence-corrected chi connectivity index (χ0v) is 12.4. The van der Waals surface area contributed by atoms with E-state index in [9.17, 15) is 0 Å². The van der Waals surface area contributed by atoms with Gasteiger partial charge in [0.25, 0.3) is 0 Å². The number of hydrogen-bond acceptors (Lipinski definition) is 3. The number of halogens is 2. The number of aryl methyl sites for hydroxylation is 1. The lowest BCUT2D eigenvalue weighted by Gasteiger charge is -2.13. The number of rotatable bonds is 4. The van der Waals surface area contributed by atoms with Gasteiger partial charge in [-0.2, -0.15) is 0 Å². The lowest BCUT2D eigenvalue weighted by Crippen LogP contribution is -2.02. The topological polar surface area (TPSA) is 34.4 Å². The average Bonchev–Trinajstić information content (AvgIpc) is 2.73. The van der Waals surface area contributed by atoms with E-state index >= 15 is 0 Å². The largest absolute Gasteiger partial charge is 0.495 e. The first kappa shape index (κ1) is 13.3. The highest BCUT2D eigenvalue weighted by atomic mass is 79.9. The van der Waals surface area contributed by atoms with E-state index in [0.29, 0.717) is 11.8 Å². The van der Waals surface area contributed by atoms with E-state index in [0.717, 1.165) is 27.2 Å². The summed E-state index contributed by atoms with van der Waals surface area (Å²) in [5, 5.41) is 3.69. The average molecular weight is 331 g/mol. The van der Waals surface area contributed by atoms with Crippen molar-refractivity contribution in [3.8, 4) is 5.75 Å². The Bertz CT molecular complexity index is 554. The Balaban J connectivity index is 2.18. The minimum absolute atomic E-state index is 0.395. The first-order valence-electron chi connectivity index (χ1n) is 5.42. The van der Waals surface area contributed by atoms with Crippen molar-refractivity contribution >= 4 is 33.2 Å². The van der Waals surface area contributed by atoms with Gasteiger partial charge in [-0.15, -0.1) is 0 Å². The lowest BCUT2D eigenvalue weighted by molar-refractivity contribution is 0.415. The highest BCUT2D eigenvalue weighted by Gasteiger charge is 2.09. The minimum Gasteiger partial charge on any atom is -0.495 e. The summed E-state index contributed by atoms with van der Waals surface area (Å²) in [5.74, 6) is 1.57. The lowest BCUT2D eigenvalue weighted by atomic mass is 10.2. The zero-order chi connectivity index (χ0) is 13.1. The molecule has 1 aromatic carbocycles. The van der Waals surface area contributed by atoms with E-state index in [1.165, 1.54) is 0 Å². The van der Waals surface area contributed by atoms with Crippen molar-refractivity contribution in [1.82, 2.24) is 0 Å². The maximum atomic E-state index is 5.73. The van der Waals surface area contributed by atoms with E-state index in [1.807, 2.05) is 25.1 Å². The van der Waals surface area contributed by atoms with Crippen molar-refractivity contribution in [3.05, 3.63) is 45.3 Å². The van der Waals surface area contributed by atoms with Gasteiger partial charge in [0.2, 0.25) is 0 Å². The second kappa shape index (κ2) is 5.67. The van der Waals surface area contributed by atoms with Gasteiger partial charge in [-0.1, -0.05) is 15.9 Å². The highest BCUT2D eigenvalue weighted by Crippen LogP contribution is 2.32. The molecule has 1 heterocycles. The molecule has 0 spiro atoms. The number of methoxy groups -OCH3 is 1. The standard InChI is InChI=1S/C13H13BrClNO2/c1-8-5-9(14)6-11(17-2)13(8)16-7-10-3-4-12(15)18-10/h3-6,16H,7H2,1-2H3. The molecule has 0 aliphatic rings. The molecule has 0 bridgehead atoms. The Morgan fingerprint density at radius 1 is 1.39 bits per heavy atom. The molecule has 0 unspecified atom stereocenters. The molecule has 1 N–H and O–H groups in total. The van der Waals surface area contributed by atoms with Crippen LogP contribution in [0.2, 0.25) is 5.22 Å². The molecule has 0 fully saturated rings. The second-order valence-electron chi connectivity index (χ2n) is 3.86. The molecule has 1 aromatic heterocycles. The van der Waals surface area contributed by atoms with Crippen LogP contribution in [0, 0.1) is 6.92 Å². The molecule has 0 saturated carbocycles. The summed E-state index contributed by atoms with van der Waals surface area (Å²) in [4.78, 5) is 0.